The van der Waals surface area contributed by atoms with Crippen LogP contribution in [0, 0.1) is 0 Å². The van der Waals surface area contributed by atoms with E-state index in [0.717, 1.165) is 31.0 Å². The maximum Gasteiger partial charge on any atom is 0.251 e. The van der Waals surface area contributed by atoms with Crippen LogP contribution in [0.2, 0.25) is 0 Å². The fraction of sp³-hybridized carbons (Fsp3) is 0.412. The molecule has 0 saturated heterocycles. The molecule has 1 aromatic carbocycles. The molecule has 0 atom stereocenters. The van der Waals surface area contributed by atoms with Crippen LogP contribution in [0.1, 0.15) is 35.1 Å². The van der Waals surface area contributed by atoms with Gasteiger partial charge in [0.1, 0.15) is 0 Å². The number of hydrogen-bond acceptors (Lipinski definition) is 5. The summed E-state index contributed by atoms with van der Waals surface area (Å²) >= 11 is 0. The van der Waals surface area contributed by atoms with Crippen LogP contribution in [-0.4, -0.2) is 37.2 Å². The molecule has 1 aliphatic heterocycles. The first-order valence-electron chi connectivity index (χ1n) is 8.64. The SMILES string of the molecule is CCCNS(=O)(=O)c1ccc(C(=O)NCc2cc3n(n2)CCNC3)cc1. The van der Waals surface area contributed by atoms with E-state index in [0.29, 0.717) is 25.1 Å². The highest BCUT2D eigenvalue weighted by Crippen LogP contribution is 2.11. The van der Waals surface area contributed by atoms with E-state index in [1.165, 1.54) is 24.3 Å². The Kier molecular flexibility index (Phi) is 5.70. The second kappa shape index (κ2) is 7.98. The number of carbonyl (C=O) groups is 1. The molecular formula is C17H23N5O3S. The number of hydrogen-bond donors (Lipinski definition) is 3. The van der Waals surface area contributed by atoms with E-state index in [1.807, 2.05) is 17.7 Å². The van der Waals surface area contributed by atoms with Crippen LogP contribution in [0.15, 0.2) is 35.2 Å². The Morgan fingerprint density at radius 3 is 2.77 bits per heavy atom. The molecule has 3 rings (SSSR count). The molecule has 140 valence electrons. The van der Waals surface area contributed by atoms with Crippen molar-refractivity contribution in [2.75, 3.05) is 13.1 Å². The van der Waals surface area contributed by atoms with E-state index in [2.05, 4.69) is 20.5 Å². The van der Waals surface area contributed by atoms with Gasteiger partial charge in [-0.15, -0.1) is 0 Å². The predicted molar refractivity (Wildman–Crippen MR) is 97.0 cm³/mol. The summed E-state index contributed by atoms with van der Waals surface area (Å²) in [5, 5.41) is 10.6. The predicted octanol–water partition coefficient (Wildman–Crippen LogP) is 0.605. The van der Waals surface area contributed by atoms with Gasteiger partial charge in [0.05, 0.1) is 29.4 Å². The third-order valence-corrected chi connectivity index (χ3v) is 5.60. The van der Waals surface area contributed by atoms with Gasteiger partial charge in [-0.05, 0) is 36.8 Å². The largest absolute Gasteiger partial charge is 0.346 e. The Morgan fingerprint density at radius 2 is 2.08 bits per heavy atom. The lowest BCUT2D eigenvalue weighted by Crippen LogP contribution is -2.28. The lowest BCUT2D eigenvalue weighted by molar-refractivity contribution is 0.0950. The number of aromatic nitrogens is 2. The zero-order chi connectivity index (χ0) is 18.6. The maximum absolute atomic E-state index is 12.3. The van der Waals surface area contributed by atoms with Crippen LogP contribution < -0.4 is 15.4 Å². The van der Waals surface area contributed by atoms with E-state index in [-0.39, 0.29) is 10.8 Å². The summed E-state index contributed by atoms with van der Waals surface area (Å²) in [7, 11) is -3.52. The zero-order valence-electron chi connectivity index (χ0n) is 14.7. The second-order valence-electron chi connectivity index (χ2n) is 6.13. The first-order valence-corrected chi connectivity index (χ1v) is 10.1. The van der Waals surface area contributed by atoms with Gasteiger partial charge in [-0.3, -0.25) is 9.48 Å². The van der Waals surface area contributed by atoms with Gasteiger partial charge in [0.15, 0.2) is 0 Å². The third-order valence-electron chi connectivity index (χ3n) is 4.12. The Bertz CT molecular complexity index is 851. The van der Waals surface area contributed by atoms with Crippen LogP contribution >= 0.6 is 0 Å². The zero-order valence-corrected chi connectivity index (χ0v) is 15.5. The number of nitrogens with one attached hydrogen (secondary N) is 3. The molecule has 0 fully saturated rings. The van der Waals surface area contributed by atoms with Crippen molar-refractivity contribution >= 4 is 15.9 Å². The molecule has 2 aromatic rings. The topological polar surface area (TPSA) is 105 Å². The lowest BCUT2D eigenvalue weighted by atomic mass is 10.2. The van der Waals surface area contributed by atoms with Gasteiger partial charge in [0.2, 0.25) is 10.0 Å². The summed E-state index contributed by atoms with van der Waals surface area (Å²) < 4.78 is 28.5. The number of amides is 1. The first-order chi connectivity index (χ1) is 12.5. The van der Waals surface area contributed by atoms with Crippen molar-refractivity contribution in [2.24, 2.45) is 0 Å². The van der Waals surface area contributed by atoms with Gasteiger partial charge in [0.25, 0.3) is 5.91 Å². The van der Waals surface area contributed by atoms with Gasteiger partial charge in [-0.25, -0.2) is 13.1 Å². The fourth-order valence-corrected chi connectivity index (χ4v) is 3.85. The van der Waals surface area contributed by atoms with Crippen LogP contribution in [0.5, 0.6) is 0 Å². The van der Waals surface area contributed by atoms with E-state index in [4.69, 9.17) is 0 Å². The number of carbonyl (C=O) groups excluding carboxylic acids is 1. The first kappa shape index (κ1) is 18.6. The van der Waals surface area contributed by atoms with Gasteiger partial charge in [-0.1, -0.05) is 6.92 Å². The van der Waals surface area contributed by atoms with Crippen LogP contribution in [-0.2, 0) is 29.7 Å². The van der Waals surface area contributed by atoms with Crippen molar-refractivity contribution in [3.8, 4) is 0 Å². The minimum atomic E-state index is -3.52. The van der Waals surface area contributed by atoms with Crippen molar-refractivity contribution in [2.45, 2.75) is 37.9 Å². The van der Waals surface area contributed by atoms with E-state index < -0.39 is 10.0 Å². The monoisotopic (exact) mass is 377 g/mol. The van der Waals surface area contributed by atoms with Crippen LogP contribution in [0.25, 0.3) is 0 Å². The number of rotatable bonds is 7. The van der Waals surface area contributed by atoms with Crippen LogP contribution in [0.4, 0.5) is 0 Å². The molecular weight excluding hydrogens is 354 g/mol. The standard InChI is InChI=1S/C17H23N5O3S/c1-2-7-20-26(24,25)16-5-3-13(4-6-16)17(23)19-11-14-10-15-12-18-8-9-22(15)21-14/h3-6,10,18,20H,2,7-9,11-12H2,1H3,(H,19,23). The molecule has 0 radical (unpaired) electrons. The van der Waals surface area contributed by atoms with Gasteiger partial charge in [-0.2, -0.15) is 5.10 Å². The van der Waals surface area contributed by atoms with Crippen molar-refractivity contribution in [3.05, 3.63) is 47.3 Å². The molecule has 0 saturated carbocycles. The molecule has 1 aromatic heterocycles. The minimum absolute atomic E-state index is 0.150. The van der Waals surface area contributed by atoms with Gasteiger partial charge >= 0.3 is 0 Å². The summed E-state index contributed by atoms with van der Waals surface area (Å²) in [6, 6.07) is 7.87. The highest BCUT2D eigenvalue weighted by Gasteiger charge is 2.15. The molecule has 9 heteroatoms. The van der Waals surface area contributed by atoms with E-state index >= 15 is 0 Å². The number of sulfonamides is 1. The Hall–Kier alpha value is -2.23. The summed E-state index contributed by atoms with van der Waals surface area (Å²) in [5.74, 6) is -0.264. The normalized spacial score (nSPS) is 14.0. The average Bonchev–Trinajstić information content (AvgIpc) is 3.07. The Balaban J connectivity index is 1.60. The second-order valence-corrected chi connectivity index (χ2v) is 7.90. The highest BCUT2D eigenvalue weighted by molar-refractivity contribution is 7.89. The highest BCUT2D eigenvalue weighted by atomic mass is 32.2. The smallest absolute Gasteiger partial charge is 0.251 e. The molecule has 8 nitrogen and oxygen atoms in total. The summed E-state index contributed by atoms with van der Waals surface area (Å²) in [6.45, 7) is 5.10. The molecule has 1 aliphatic rings. The number of nitrogens with zero attached hydrogens (tertiary/aromatic N) is 2. The molecule has 0 bridgehead atoms. The van der Waals surface area contributed by atoms with Gasteiger partial charge in [0, 0.05) is 25.2 Å². The Labute approximate surface area is 153 Å². The molecule has 1 amide bonds. The quantitative estimate of drug-likeness (QED) is 0.656. The summed E-state index contributed by atoms with van der Waals surface area (Å²) in [5.41, 5.74) is 2.32. The van der Waals surface area contributed by atoms with E-state index in [9.17, 15) is 13.2 Å². The lowest BCUT2D eigenvalue weighted by Gasteiger charge is -2.13. The molecule has 26 heavy (non-hydrogen) atoms. The van der Waals surface area contributed by atoms with Crippen LogP contribution in [0.3, 0.4) is 0 Å². The molecule has 0 aliphatic carbocycles. The molecule has 2 heterocycles. The molecule has 3 N–H and O–H groups in total. The maximum atomic E-state index is 12.3. The van der Waals surface area contributed by atoms with E-state index in [1.54, 1.807) is 0 Å². The van der Waals surface area contributed by atoms with Gasteiger partial charge < -0.3 is 10.6 Å². The number of benzene rings is 1. The van der Waals surface area contributed by atoms with Crippen molar-refractivity contribution < 1.29 is 13.2 Å². The summed E-state index contributed by atoms with van der Waals surface area (Å²) in [6.07, 6.45) is 0.716. The fourth-order valence-electron chi connectivity index (χ4n) is 2.72. The average molecular weight is 377 g/mol. The Morgan fingerprint density at radius 1 is 1.31 bits per heavy atom. The summed E-state index contributed by atoms with van der Waals surface area (Å²) in [4.78, 5) is 12.4. The third kappa shape index (κ3) is 4.29. The number of fused-ring (bicyclic) bond motifs is 1. The van der Waals surface area contributed by atoms with Crippen molar-refractivity contribution in [1.29, 1.82) is 0 Å². The molecule has 0 unspecified atom stereocenters. The molecule has 0 spiro atoms. The van der Waals surface area contributed by atoms with Crippen molar-refractivity contribution in [3.63, 3.8) is 0 Å². The van der Waals surface area contributed by atoms with Crippen molar-refractivity contribution in [1.82, 2.24) is 25.1 Å². The minimum Gasteiger partial charge on any atom is -0.346 e.